The molecule has 0 radical (unpaired) electrons. The number of methoxy groups -OCH3 is 1. The zero-order valence-corrected chi connectivity index (χ0v) is 18.8. The zero-order chi connectivity index (χ0) is 23.0. The third-order valence-electron chi connectivity index (χ3n) is 5.88. The van der Waals surface area contributed by atoms with Crippen LogP contribution < -0.4 is 9.80 Å². The predicted octanol–water partition coefficient (Wildman–Crippen LogP) is 2.84. The minimum Gasteiger partial charge on any atom is -0.452 e. The van der Waals surface area contributed by atoms with E-state index in [-0.39, 0.29) is 28.5 Å². The van der Waals surface area contributed by atoms with Gasteiger partial charge in [-0.3, -0.25) is 9.69 Å². The summed E-state index contributed by atoms with van der Waals surface area (Å²) in [6, 6.07) is 11.7. The number of sulfone groups is 1. The number of benzene rings is 2. The van der Waals surface area contributed by atoms with Gasteiger partial charge >= 0.3 is 6.09 Å². The Balaban J connectivity index is 1.74. The van der Waals surface area contributed by atoms with Crippen LogP contribution in [0.3, 0.4) is 0 Å². The zero-order valence-electron chi connectivity index (χ0n) is 18.0. The summed E-state index contributed by atoms with van der Waals surface area (Å²) in [5.74, 6) is -0.241. The third kappa shape index (κ3) is 4.10. The number of hydrogen-bond acceptors (Lipinski definition) is 6. The SMILES string of the molecule is COC(=O)N1c2ccc(-c3ccc(S(=O)(=O)CCO)cc3)cc2N(C(=O)C2CC2)C[C@@H]1C. The van der Waals surface area contributed by atoms with E-state index in [0.717, 1.165) is 24.0 Å². The molecule has 1 fully saturated rings. The molecular weight excluding hydrogens is 432 g/mol. The van der Waals surface area contributed by atoms with Gasteiger partial charge in [0.05, 0.1) is 41.8 Å². The highest BCUT2D eigenvalue weighted by atomic mass is 32.2. The van der Waals surface area contributed by atoms with E-state index in [4.69, 9.17) is 9.84 Å². The molecule has 0 unspecified atom stereocenters. The van der Waals surface area contributed by atoms with Gasteiger partial charge in [-0.05, 0) is 55.2 Å². The Morgan fingerprint density at radius 2 is 1.72 bits per heavy atom. The maximum Gasteiger partial charge on any atom is 0.414 e. The lowest BCUT2D eigenvalue weighted by atomic mass is 10.0. The largest absolute Gasteiger partial charge is 0.452 e. The molecule has 9 heteroatoms. The van der Waals surface area contributed by atoms with Crippen LogP contribution in [0.2, 0.25) is 0 Å². The summed E-state index contributed by atoms with van der Waals surface area (Å²) in [5.41, 5.74) is 2.82. The van der Waals surface area contributed by atoms with Gasteiger partial charge in [0.1, 0.15) is 0 Å². The standard InChI is InChI=1S/C23H26N2O6S/c1-15-14-24(22(27)17-3-4-17)21-13-18(7-10-20(21)25(15)23(28)31-2)16-5-8-19(9-6-16)32(29,30)12-11-26/h5-10,13,15,17,26H,3-4,11-12,14H2,1-2H3/t15-/m0/s1. The monoisotopic (exact) mass is 458 g/mol. The van der Waals surface area contributed by atoms with Gasteiger partial charge in [0.2, 0.25) is 5.91 Å². The van der Waals surface area contributed by atoms with E-state index in [9.17, 15) is 18.0 Å². The molecule has 1 aliphatic carbocycles. The molecule has 2 aliphatic rings. The first-order valence-electron chi connectivity index (χ1n) is 10.5. The lowest BCUT2D eigenvalue weighted by molar-refractivity contribution is -0.119. The van der Waals surface area contributed by atoms with E-state index in [2.05, 4.69) is 0 Å². The van der Waals surface area contributed by atoms with Crippen molar-refractivity contribution in [1.82, 2.24) is 0 Å². The summed E-state index contributed by atoms with van der Waals surface area (Å²) in [4.78, 5) is 28.9. The molecule has 1 saturated carbocycles. The molecule has 2 aromatic carbocycles. The summed E-state index contributed by atoms with van der Waals surface area (Å²) < 4.78 is 29.3. The number of carbonyl (C=O) groups is 2. The van der Waals surface area contributed by atoms with E-state index < -0.39 is 22.5 Å². The average Bonchev–Trinajstić information content (AvgIpc) is 3.63. The summed E-state index contributed by atoms with van der Waals surface area (Å²) in [6.45, 7) is 1.82. The van der Waals surface area contributed by atoms with Crippen LogP contribution in [0.5, 0.6) is 0 Å². The topological polar surface area (TPSA) is 104 Å². The molecule has 0 spiro atoms. The summed E-state index contributed by atoms with van der Waals surface area (Å²) in [5, 5.41) is 8.97. The van der Waals surface area contributed by atoms with E-state index in [1.807, 2.05) is 19.1 Å². The second-order valence-corrected chi connectivity index (χ2v) is 10.3. The Labute approximate surface area is 187 Å². The fourth-order valence-electron chi connectivity index (χ4n) is 4.03. The number of aliphatic hydroxyl groups is 1. The van der Waals surface area contributed by atoms with E-state index in [0.29, 0.717) is 17.9 Å². The quantitative estimate of drug-likeness (QED) is 0.739. The number of rotatable bonds is 5. The Bertz CT molecular complexity index is 1140. The molecule has 0 bridgehead atoms. The molecule has 1 aliphatic heterocycles. The molecule has 1 N–H and O–H groups in total. The van der Waals surface area contributed by atoms with Gasteiger partial charge in [-0.1, -0.05) is 18.2 Å². The van der Waals surface area contributed by atoms with Crippen LogP contribution in [0.15, 0.2) is 47.4 Å². The second kappa shape index (κ2) is 8.55. The Morgan fingerprint density at radius 1 is 1.06 bits per heavy atom. The van der Waals surface area contributed by atoms with Crippen molar-refractivity contribution in [2.45, 2.75) is 30.7 Å². The predicted molar refractivity (Wildman–Crippen MR) is 120 cm³/mol. The number of amides is 2. The van der Waals surface area contributed by atoms with Crippen molar-refractivity contribution in [3.63, 3.8) is 0 Å². The number of aliphatic hydroxyl groups excluding tert-OH is 1. The molecule has 1 heterocycles. The Hall–Kier alpha value is -2.91. The van der Waals surface area contributed by atoms with Gasteiger partial charge in [-0.15, -0.1) is 0 Å². The van der Waals surface area contributed by atoms with Crippen molar-refractivity contribution in [1.29, 1.82) is 0 Å². The molecule has 0 saturated heterocycles. The fraction of sp³-hybridized carbons (Fsp3) is 0.391. The number of carbonyl (C=O) groups excluding carboxylic acids is 2. The van der Waals surface area contributed by atoms with Gasteiger partial charge in [0, 0.05) is 12.5 Å². The van der Waals surface area contributed by atoms with Crippen molar-refractivity contribution in [3.8, 4) is 11.1 Å². The summed E-state index contributed by atoms with van der Waals surface area (Å²) in [6.07, 6.45) is 1.27. The van der Waals surface area contributed by atoms with E-state index in [1.54, 1.807) is 28.0 Å². The summed E-state index contributed by atoms with van der Waals surface area (Å²) >= 11 is 0. The minimum atomic E-state index is -3.53. The highest BCUT2D eigenvalue weighted by Crippen LogP contribution is 2.42. The lowest BCUT2D eigenvalue weighted by Gasteiger charge is -2.40. The number of fused-ring (bicyclic) bond motifs is 1. The van der Waals surface area contributed by atoms with E-state index in [1.165, 1.54) is 19.2 Å². The number of hydrogen-bond donors (Lipinski definition) is 1. The maximum absolute atomic E-state index is 13.0. The molecule has 2 aromatic rings. The van der Waals surface area contributed by atoms with Gasteiger partial charge in [0.25, 0.3) is 0 Å². The van der Waals surface area contributed by atoms with Crippen molar-refractivity contribution in [2.75, 3.05) is 35.8 Å². The lowest BCUT2D eigenvalue weighted by Crippen LogP contribution is -2.52. The normalized spacial score (nSPS) is 18.3. The van der Waals surface area contributed by atoms with Crippen LogP contribution in [-0.2, 0) is 19.4 Å². The highest BCUT2D eigenvalue weighted by Gasteiger charge is 2.40. The first-order valence-corrected chi connectivity index (χ1v) is 12.2. The highest BCUT2D eigenvalue weighted by molar-refractivity contribution is 7.91. The average molecular weight is 459 g/mol. The maximum atomic E-state index is 13.0. The van der Waals surface area contributed by atoms with Crippen LogP contribution in [0, 0.1) is 5.92 Å². The fourth-order valence-corrected chi connectivity index (χ4v) is 5.06. The molecule has 8 nitrogen and oxygen atoms in total. The van der Waals surface area contributed by atoms with Crippen molar-refractivity contribution < 1.29 is 27.9 Å². The molecular formula is C23H26N2O6S. The van der Waals surface area contributed by atoms with Crippen molar-refractivity contribution in [2.24, 2.45) is 5.92 Å². The van der Waals surface area contributed by atoms with Crippen molar-refractivity contribution >= 4 is 33.2 Å². The third-order valence-corrected chi connectivity index (χ3v) is 7.59. The van der Waals surface area contributed by atoms with Crippen LogP contribution in [0.25, 0.3) is 11.1 Å². The van der Waals surface area contributed by atoms with Gasteiger partial charge in [0.15, 0.2) is 9.84 Å². The Kier molecular flexibility index (Phi) is 5.96. The van der Waals surface area contributed by atoms with Crippen LogP contribution >= 0.6 is 0 Å². The molecule has 1 atom stereocenters. The van der Waals surface area contributed by atoms with Crippen LogP contribution in [-0.4, -0.2) is 57.6 Å². The smallest absolute Gasteiger partial charge is 0.414 e. The van der Waals surface area contributed by atoms with Crippen LogP contribution in [0.1, 0.15) is 19.8 Å². The first-order chi connectivity index (χ1) is 15.3. The van der Waals surface area contributed by atoms with Gasteiger partial charge < -0.3 is 14.7 Å². The molecule has 4 rings (SSSR count). The second-order valence-electron chi connectivity index (χ2n) is 8.18. The molecule has 0 aromatic heterocycles. The number of nitrogens with zero attached hydrogens (tertiary/aromatic N) is 2. The van der Waals surface area contributed by atoms with Crippen molar-refractivity contribution in [3.05, 3.63) is 42.5 Å². The van der Waals surface area contributed by atoms with E-state index >= 15 is 0 Å². The minimum absolute atomic E-state index is 0.0272. The van der Waals surface area contributed by atoms with Crippen LogP contribution in [0.4, 0.5) is 16.2 Å². The Morgan fingerprint density at radius 3 is 2.31 bits per heavy atom. The first kappa shape index (κ1) is 22.3. The summed E-state index contributed by atoms with van der Waals surface area (Å²) in [7, 11) is -2.20. The molecule has 170 valence electrons. The van der Waals surface area contributed by atoms with Gasteiger partial charge in [-0.2, -0.15) is 0 Å². The number of anilines is 2. The number of ether oxygens (including phenoxy) is 1. The molecule has 32 heavy (non-hydrogen) atoms. The molecule has 2 amide bonds. The van der Waals surface area contributed by atoms with Gasteiger partial charge in [-0.25, -0.2) is 13.2 Å².